The Morgan fingerprint density at radius 2 is 1.89 bits per heavy atom. The van der Waals surface area contributed by atoms with Crippen LogP contribution in [-0.4, -0.2) is 24.0 Å². The molecule has 18 heavy (non-hydrogen) atoms. The molecule has 0 heterocycles. The lowest BCUT2D eigenvalue weighted by atomic mass is 10.0. The van der Waals surface area contributed by atoms with E-state index in [-0.39, 0.29) is 5.75 Å². The summed E-state index contributed by atoms with van der Waals surface area (Å²) in [6, 6.07) is 5.64. The standard InChI is InChI=1S/C12H15F4NO/c1-2-9(8-5-3-4-6-10(8)18)17-7-12(15,16)11(13)14/h3-6,9,11,17-18H,2,7H2,1H3. The van der Waals surface area contributed by atoms with Crippen LogP contribution in [0.2, 0.25) is 0 Å². The van der Waals surface area contributed by atoms with Crippen LogP contribution in [0.15, 0.2) is 24.3 Å². The predicted molar refractivity (Wildman–Crippen MR) is 60.1 cm³/mol. The Balaban J connectivity index is 2.72. The van der Waals surface area contributed by atoms with E-state index in [4.69, 9.17) is 0 Å². The number of rotatable bonds is 6. The van der Waals surface area contributed by atoms with Crippen molar-refractivity contribution < 1.29 is 22.7 Å². The Morgan fingerprint density at radius 1 is 1.28 bits per heavy atom. The van der Waals surface area contributed by atoms with Crippen LogP contribution in [0.5, 0.6) is 5.75 Å². The molecule has 1 unspecified atom stereocenters. The van der Waals surface area contributed by atoms with E-state index < -0.39 is 24.9 Å². The fraction of sp³-hybridized carbons (Fsp3) is 0.500. The first kappa shape index (κ1) is 14.8. The average Bonchev–Trinajstić information content (AvgIpc) is 2.31. The average molecular weight is 265 g/mol. The van der Waals surface area contributed by atoms with E-state index >= 15 is 0 Å². The summed E-state index contributed by atoms with van der Waals surface area (Å²) in [6.45, 7) is 0.585. The first-order valence-corrected chi connectivity index (χ1v) is 5.55. The number of halogens is 4. The van der Waals surface area contributed by atoms with E-state index in [9.17, 15) is 22.7 Å². The summed E-state index contributed by atoms with van der Waals surface area (Å²) in [5.74, 6) is -4.12. The first-order chi connectivity index (χ1) is 8.38. The number of benzene rings is 1. The minimum atomic E-state index is -4.07. The zero-order valence-electron chi connectivity index (χ0n) is 9.84. The number of para-hydroxylation sites is 1. The fourth-order valence-electron chi connectivity index (χ4n) is 1.59. The highest BCUT2D eigenvalue weighted by atomic mass is 19.3. The third kappa shape index (κ3) is 3.60. The van der Waals surface area contributed by atoms with Gasteiger partial charge in [0.2, 0.25) is 0 Å². The Hall–Kier alpha value is -1.30. The molecule has 102 valence electrons. The molecule has 2 nitrogen and oxygen atoms in total. The summed E-state index contributed by atoms with van der Waals surface area (Å²) >= 11 is 0. The van der Waals surface area contributed by atoms with Gasteiger partial charge in [0, 0.05) is 11.6 Å². The SMILES string of the molecule is CCC(NCC(F)(F)C(F)F)c1ccccc1O. The monoisotopic (exact) mass is 265 g/mol. The Labute approximate surface area is 103 Å². The van der Waals surface area contributed by atoms with E-state index in [0.29, 0.717) is 12.0 Å². The second-order valence-electron chi connectivity index (χ2n) is 3.96. The number of alkyl halides is 4. The third-order valence-corrected chi connectivity index (χ3v) is 2.62. The topological polar surface area (TPSA) is 32.3 Å². The van der Waals surface area contributed by atoms with E-state index in [1.54, 1.807) is 25.1 Å². The maximum absolute atomic E-state index is 12.8. The second-order valence-corrected chi connectivity index (χ2v) is 3.96. The lowest BCUT2D eigenvalue weighted by Gasteiger charge is -2.22. The van der Waals surface area contributed by atoms with Crippen LogP contribution in [0.1, 0.15) is 24.9 Å². The zero-order chi connectivity index (χ0) is 13.8. The Bertz CT molecular complexity index is 384. The van der Waals surface area contributed by atoms with Crippen LogP contribution in [-0.2, 0) is 0 Å². The van der Waals surface area contributed by atoms with Crippen molar-refractivity contribution >= 4 is 0 Å². The van der Waals surface area contributed by atoms with Gasteiger partial charge < -0.3 is 10.4 Å². The fourth-order valence-corrected chi connectivity index (χ4v) is 1.59. The molecule has 2 N–H and O–H groups in total. The summed E-state index contributed by atoms with van der Waals surface area (Å²) < 4.78 is 49.6. The number of hydrogen-bond acceptors (Lipinski definition) is 2. The lowest BCUT2D eigenvalue weighted by Crippen LogP contribution is -2.40. The summed E-state index contributed by atoms with van der Waals surface area (Å²) in [7, 11) is 0. The van der Waals surface area contributed by atoms with Gasteiger partial charge in [-0.1, -0.05) is 25.1 Å². The van der Waals surface area contributed by atoms with Gasteiger partial charge in [-0.05, 0) is 12.5 Å². The van der Waals surface area contributed by atoms with Crippen molar-refractivity contribution in [2.75, 3.05) is 6.54 Å². The van der Waals surface area contributed by atoms with Gasteiger partial charge >= 0.3 is 12.3 Å². The van der Waals surface area contributed by atoms with Crippen LogP contribution in [0.25, 0.3) is 0 Å². The van der Waals surface area contributed by atoms with Crippen LogP contribution in [0.3, 0.4) is 0 Å². The normalized spacial score (nSPS) is 13.9. The smallest absolute Gasteiger partial charge is 0.319 e. The molecule has 0 amide bonds. The van der Waals surface area contributed by atoms with Crippen molar-refractivity contribution in [1.29, 1.82) is 0 Å². The van der Waals surface area contributed by atoms with Crippen molar-refractivity contribution in [2.45, 2.75) is 31.7 Å². The van der Waals surface area contributed by atoms with Crippen molar-refractivity contribution in [3.8, 4) is 5.75 Å². The minimum absolute atomic E-state index is 0.0442. The first-order valence-electron chi connectivity index (χ1n) is 5.55. The van der Waals surface area contributed by atoms with Crippen molar-refractivity contribution in [1.82, 2.24) is 5.32 Å². The van der Waals surface area contributed by atoms with Crippen LogP contribution in [0.4, 0.5) is 17.6 Å². The number of phenols is 1. The van der Waals surface area contributed by atoms with Gasteiger partial charge in [0.05, 0.1) is 6.54 Å². The van der Waals surface area contributed by atoms with E-state index in [0.717, 1.165) is 0 Å². The summed E-state index contributed by atoms with van der Waals surface area (Å²) in [5.41, 5.74) is 0.421. The van der Waals surface area contributed by atoms with Crippen LogP contribution < -0.4 is 5.32 Å². The van der Waals surface area contributed by atoms with Gasteiger partial charge in [-0.25, -0.2) is 8.78 Å². The molecule has 0 aliphatic carbocycles. The number of hydrogen-bond donors (Lipinski definition) is 2. The highest BCUT2D eigenvalue weighted by molar-refractivity contribution is 5.34. The number of nitrogens with one attached hydrogen (secondary N) is 1. The highest BCUT2D eigenvalue weighted by Crippen LogP contribution is 2.28. The molecule has 0 aromatic heterocycles. The second kappa shape index (κ2) is 6.04. The summed E-state index contributed by atoms with van der Waals surface area (Å²) in [4.78, 5) is 0. The predicted octanol–water partition coefficient (Wildman–Crippen LogP) is 3.33. The molecular weight excluding hydrogens is 250 g/mol. The van der Waals surface area contributed by atoms with Gasteiger partial charge in [0.15, 0.2) is 0 Å². The molecule has 0 aliphatic rings. The highest BCUT2D eigenvalue weighted by Gasteiger charge is 2.40. The molecule has 0 bridgehead atoms. The van der Waals surface area contributed by atoms with Crippen LogP contribution in [0, 0.1) is 0 Å². The molecule has 0 spiro atoms. The summed E-state index contributed by atoms with van der Waals surface area (Å²) in [6.07, 6.45) is -3.30. The summed E-state index contributed by atoms with van der Waals surface area (Å²) in [5, 5.41) is 11.9. The molecule has 0 radical (unpaired) electrons. The van der Waals surface area contributed by atoms with Crippen molar-refractivity contribution in [3.05, 3.63) is 29.8 Å². The molecule has 1 aromatic carbocycles. The third-order valence-electron chi connectivity index (χ3n) is 2.62. The Kier molecular flexibility index (Phi) is 4.95. The molecular formula is C12H15F4NO. The zero-order valence-corrected chi connectivity index (χ0v) is 9.84. The van der Waals surface area contributed by atoms with Gasteiger partial charge in [-0.3, -0.25) is 0 Å². The molecule has 1 aromatic rings. The van der Waals surface area contributed by atoms with E-state index in [2.05, 4.69) is 5.32 Å². The number of phenolic OH excluding ortho intramolecular Hbond substituents is 1. The lowest BCUT2D eigenvalue weighted by molar-refractivity contribution is -0.126. The molecule has 6 heteroatoms. The minimum Gasteiger partial charge on any atom is -0.508 e. The van der Waals surface area contributed by atoms with Gasteiger partial charge in [0.1, 0.15) is 5.75 Å². The van der Waals surface area contributed by atoms with Gasteiger partial charge in [0.25, 0.3) is 0 Å². The van der Waals surface area contributed by atoms with Gasteiger partial charge in [-0.15, -0.1) is 0 Å². The molecule has 0 saturated heterocycles. The largest absolute Gasteiger partial charge is 0.508 e. The molecule has 0 saturated carbocycles. The quantitative estimate of drug-likeness (QED) is 0.773. The maximum atomic E-state index is 12.8. The van der Waals surface area contributed by atoms with Gasteiger partial charge in [-0.2, -0.15) is 8.78 Å². The van der Waals surface area contributed by atoms with Crippen molar-refractivity contribution in [3.63, 3.8) is 0 Å². The van der Waals surface area contributed by atoms with E-state index in [1.807, 2.05) is 0 Å². The number of aromatic hydroxyl groups is 1. The van der Waals surface area contributed by atoms with E-state index in [1.165, 1.54) is 6.07 Å². The van der Waals surface area contributed by atoms with Crippen LogP contribution >= 0.6 is 0 Å². The molecule has 1 rings (SSSR count). The Morgan fingerprint density at radius 3 is 2.39 bits per heavy atom. The molecule has 1 atom stereocenters. The maximum Gasteiger partial charge on any atom is 0.319 e. The molecule has 0 aliphatic heterocycles. The molecule has 0 fully saturated rings. The van der Waals surface area contributed by atoms with Crippen molar-refractivity contribution in [2.24, 2.45) is 0 Å².